The van der Waals surface area contributed by atoms with Crippen molar-refractivity contribution in [1.29, 1.82) is 0 Å². The second-order valence-electron chi connectivity index (χ2n) is 7.73. The van der Waals surface area contributed by atoms with Crippen LogP contribution in [0.3, 0.4) is 0 Å². The van der Waals surface area contributed by atoms with E-state index in [1.54, 1.807) is 0 Å². The van der Waals surface area contributed by atoms with E-state index >= 15 is 0 Å². The molecule has 1 aliphatic heterocycles. The van der Waals surface area contributed by atoms with Crippen molar-refractivity contribution in [2.45, 2.75) is 64.8 Å². The highest BCUT2D eigenvalue weighted by atomic mass is 16.1. The second-order valence-corrected chi connectivity index (χ2v) is 7.73. The average molecular weight is 287 g/mol. The molecule has 1 aliphatic rings. The number of carbonyl (C=O) groups is 1. The van der Waals surface area contributed by atoms with Crippen LogP contribution in [0.15, 0.2) is 24.3 Å². The summed E-state index contributed by atoms with van der Waals surface area (Å²) in [7, 11) is 0. The van der Waals surface area contributed by atoms with Crippen LogP contribution in [-0.4, -0.2) is 29.3 Å². The Morgan fingerprint density at radius 2 is 1.52 bits per heavy atom. The molecule has 0 radical (unpaired) electrons. The van der Waals surface area contributed by atoms with Crippen LogP contribution in [0.1, 0.15) is 69.8 Å². The third-order valence-electron chi connectivity index (χ3n) is 4.68. The lowest BCUT2D eigenvalue weighted by molar-refractivity contribution is 0.0577. The number of hydrogen-bond acceptors (Lipinski definition) is 2. The van der Waals surface area contributed by atoms with E-state index < -0.39 is 5.54 Å². The van der Waals surface area contributed by atoms with Crippen LogP contribution in [0.2, 0.25) is 0 Å². The van der Waals surface area contributed by atoms with E-state index in [4.69, 9.17) is 0 Å². The number of nitrogens with zero attached hydrogens (tertiary/aromatic N) is 1. The van der Waals surface area contributed by atoms with Gasteiger partial charge in [-0.1, -0.05) is 51.5 Å². The molecule has 1 aromatic carbocycles. The first-order valence-corrected chi connectivity index (χ1v) is 8.14. The van der Waals surface area contributed by atoms with Gasteiger partial charge < -0.3 is 0 Å². The molecule has 0 N–H and O–H groups in total. The summed E-state index contributed by atoms with van der Waals surface area (Å²) in [6.45, 7) is 12.8. The van der Waals surface area contributed by atoms with E-state index in [0.29, 0.717) is 0 Å². The van der Waals surface area contributed by atoms with E-state index in [1.807, 2.05) is 18.2 Å². The molecule has 2 heteroatoms. The van der Waals surface area contributed by atoms with Gasteiger partial charge in [0.2, 0.25) is 0 Å². The lowest BCUT2D eigenvalue weighted by Crippen LogP contribution is -2.52. The molecule has 0 spiro atoms. The first-order chi connectivity index (χ1) is 9.74. The summed E-state index contributed by atoms with van der Waals surface area (Å²) in [5.74, 6) is 0.259. The van der Waals surface area contributed by atoms with Crippen molar-refractivity contribution in [2.75, 3.05) is 13.1 Å². The Labute approximate surface area is 129 Å². The molecule has 0 saturated carbocycles. The van der Waals surface area contributed by atoms with Gasteiger partial charge >= 0.3 is 0 Å². The molecule has 0 amide bonds. The fraction of sp³-hybridized carbons (Fsp3) is 0.632. The molecule has 0 aromatic heterocycles. The van der Waals surface area contributed by atoms with Crippen LogP contribution in [-0.2, 0) is 5.41 Å². The molecule has 1 heterocycles. The molecule has 0 unspecified atom stereocenters. The lowest BCUT2D eigenvalue weighted by atomic mass is 9.79. The van der Waals surface area contributed by atoms with Gasteiger partial charge in [-0.15, -0.1) is 0 Å². The van der Waals surface area contributed by atoms with E-state index in [9.17, 15) is 4.79 Å². The maximum atomic E-state index is 13.2. The highest BCUT2D eigenvalue weighted by Gasteiger charge is 2.37. The zero-order chi connectivity index (χ0) is 15.7. The first-order valence-electron chi connectivity index (χ1n) is 8.14. The third-order valence-corrected chi connectivity index (χ3v) is 4.68. The van der Waals surface area contributed by atoms with Crippen molar-refractivity contribution in [3.63, 3.8) is 0 Å². The van der Waals surface area contributed by atoms with Gasteiger partial charge in [-0.05, 0) is 50.8 Å². The summed E-state index contributed by atoms with van der Waals surface area (Å²) in [4.78, 5) is 15.6. The Morgan fingerprint density at radius 1 is 0.952 bits per heavy atom. The molecule has 1 saturated heterocycles. The van der Waals surface area contributed by atoms with Gasteiger partial charge in [0.1, 0.15) is 0 Å². The van der Waals surface area contributed by atoms with Crippen LogP contribution >= 0.6 is 0 Å². The molecule has 1 fully saturated rings. The summed E-state index contributed by atoms with van der Waals surface area (Å²) in [5, 5.41) is 0. The zero-order valence-corrected chi connectivity index (χ0v) is 14.2. The molecule has 2 rings (SSSR count). The summed E-state index contributed by atoms with van der Waals surface area (Å²) in [6.07, 6.45) is 3.70. The predicted octanol–water partition coefficient (Wildman–Crippen LogP) is 4.43. The van der Waals surface area contributed by atoms with E-state index in [-0.39, 0.29) is 11.2 Å². The minimum Gasteiger partial charge on any atom is -0.292 e. The van der Waals surface area contributed by atoms with Crippen molar-refractivity contribution in [1.82, 2.24) is 4.90 Å². The number of ketones is 1. The first kappa shape index (κ1) is 16.2. The molecule has 2 nitrogen and oxygen atoms in total. The fourth-order valence-electron chi connectivity index (χ4n) is 3.26. The SMILES string of the molecule is CC(C)(C)c1ccccc1C(=O)C(C)(C)N1CCCCC1. The van der Waals surface area contributed by atoms with Gasteiger partial charge in [-0.25, -0.2) is 0 Å². The standard InChI is InChI=1S/C19H29NO/c1-18(2,3)16-12-8-7-11-15(16)17(21)19(4,5)20-13-9-6-10-14-20/h7-8,11-12H,6,9-10,13-14H2,1-5H3. The Bertz CT molecular complexity index is 505. The van der Waals surface area contributed by atoms with Crippen LogP contribution in [0.5, 0.6) is 0 Å². The van der Waals surface area contributed by atoms with E-state index in [0.717, 1.165) is 24.2 Å². The van der Waals surface area contributed by atoms with Gasteiger partial charge in [0.05, 0.1) is 5.54 Å². The lowest BCUT2D eigenvalue weighted by Gasteiger charge is -2.40. The Balaban J connectivity index is 2.35. The highest BCUT2D eigenvalue weighted by molar-refractivity contribution is 6.04. The smallest absolute Gasteiger partial charge is 0.182 e. The van der Waals surface area contributed by atoms with E-state index in [1.165, 1.54) is 19.3 Å². The average Bonchev–Trinajstić information content (AvgIpc) is 2.46. The van der Waals surface area contributed by atoms with Gasteiger partial charge in [0, 0.05) is 5.56 Å². The number of benzene rings is 1. The van der Waals surface area contributed by atoms with Gasteiger partial charge in [0.25, 0.3) is 0 Å². The number of likely N-dealkylation sites (tertiary alicyclic amines) is 1. The van der Waals surface area contributed by atoms with Crippen molar-refractivity contribution in [3.05, 3.63) is 35.4 Å². The summed E-state index contributed by atoms with van der Waals surface area (Å²) < 4.78 is 0. The van der Waals surface area contributed by atoms with Crippen molar-refractivity contribution < 1.29 is 4.79 Å². The summed E-state index contributed by atoms with van der Waals surface area (Å²) in [6, 6.07) is 8.11. The molecule has 0 bridgehead atoms. The quantitative estimate of drug-likeness (QED) is 0.766. The molecular formula is C19H29NO. The third kappa shape index (κ3) is 3.37. The number of rotatable bonds is 3. The van der Waals surface area contributed by atoms with Gasteiger partial charge in [-0.2, -0.15) is 0 Å². The number of Topliss-reactive ketones (excluding diaryl/α,β-unsaturated/α-hetero) is 1. The predicted molar refractivity (Wildman–Crippen MR) is 89.0 cm³/mol. The number of piperidine rings is 1. The van der Waals surface area contributed by atoms with Crippen molar-refractivity contribution >= 4 is 5.78 Å². The Kier molecular flexibility index (Phi) is 4.57. The molecule has 0 aliphatic carbocycles. The topological polar surface area (TPSA) is 20.3 Å². The maximum Gasteiger partial charge on any atom is 0.182 e. The number of carbonyl (C=O) groups excluding carboxylic acids is 1. The van der Waals surface area contributed by atoms with Crippen LogP contribution in [0, 0.1) is 0 Å². The zero-order valence-electron chi connectivity index (χ0n) is 14.2. The molecule has 116 valence electrons. The Hall–Kier alpha value is -1.15. The summed E-state index contributed by atoms with van der Waals surface area (Å²) in [5.41, 5.74) is 1.62. The van der Waals surface area contributed by atoms with Crippen molar-refractivity contribution in [2.24, 2.45) is 0 Å². The largest absolute Gasteiger partial charge is 0.292 e. The van der Waals surface area contributed by atoms with Crippen LogP contribution in [0.25, 0.3) is 0 Å². The van der Waals surface area contributed by atoms with E-state index in [2.05, 4.69) is 45.6 Å². The highest BCUT2D eigenvalue weighted by Crippen LogP contribution is 2.31. The normalized spacial score (nSPS) is 17.8. The molecule has 0 atom stereocenters. The maximum absolute atomic E-state index is 13.2. The Morgan fingerprint density at radius 3 is 2.10 bits per heavy atom. The second kappa shape index (κ2) is 5.92. The summed E-state index contributed by atoms with van der Waals surface area (Å²) >= 11 is 0. The van der Waals surface area contributed by atoms with Crippen molar-refractivity contribution in [3.8, 4) is 0 Å². The number of hydrogen-bond donors (Lipinski definition) is 0. The molecule has 21 heavy (non-hydrogen) atoms. The van der Waals surface area contributed by atoms with Gasteiger partial charge in [-0.3, -0.25) is 9.69 Å². The minimum absolute atomic E-state index is 0.00969. The van der Waals surface area contributed by atoms with Crippen LogP contribution < -0.4 is 0 Å². The van der Waals surface area contributed by atoms with Crippen LogP contribution in [0.4, 0.5) is 0 Å². The fourth-order valence-corrected chi connectivity index (χ4v) is 3.26. The molecule has 1 aromatic rings. The minimum atomic E-state index is -0.415. The van der Waals surface area contributed by atoms with Gasteiger partial charge in [0.15, 0.2) is 5.78 Å². The molecular weight excluding hydrogens is 258 g/mol. The monoisotopic (exact) mass is 287 g/mol.